The second-order valence-corrected chi connectivity index (χ2v) is 11.3. The molecular weight excluding hydrogens is 494 g/mol. The number of carbonyl (C=O) groups is 3. The van der Waals surface area contributed by atoms with Gasteiger partial charge in [0.2, 0.25) is 12.3 Å². The predicted octanol–water partition coefficient (Wildman–Crippen LogP) is 2.81. The number of carbonyl (C=O) groups excluding carboxylic acids is 3. The molecule has 210 valence electrons. The van der Waals surface area contributed by atoms with Crippen molar-refractivity contribution in [2.75, 3.05) is 50.8 Å². The highest BCUT2D eigenvalue weighted by molar-refractivity contribution is 5.99. The zero-order valence-corrected chi connectivity index (χ0v) is 22.8. The summed E-state index contributed by atoms with van der Waals surface area (Å²) in [5, 5.41) is 2.87. The summed E-state index contributed by atoms with van der Waals surface area (Å²) in [4.78, 5) is 45.5. The van der Waals surface area contributed by atoms with Gasteiger partial charge >= 0.3 is 0 Å². The molecule has 3 fully saturated rings. The molecule has 38 heavy (non-hydrogen) atoms. The van der Waals surface area contributed by atoms with E-state index in [1.54, 1.807) is 12.1 Å². The van der Waals surface area contributed by atoms with E-state index in [4.69, 9.17) is 4.74 Å². The topological polar surface area (TPSA) is 82.2 Å². The number of benzene rings is 1. The third kappa shape index (κ3) is 5.71. The molecule has 1 aromatic carbocycles. The quantitative estimate of drug-likeness (QED) is 0.525. The van der Waals surface area contributed by atoms with E-state index in [9.17, 15) is 23.2 Å². The van der Waals surface area contributed by atoms with Gasteiger partial charge in [-0.25, -0.2) is 8.78 Å². The van der Waals surface area contributed by atoms with E-state index in [1.807, 2.05) is 32.9 Å². The Kier molecular flexibility index (Phi) is 8.72. The first kappa shape index (κ1) is 28.4. The van der Waals surface area contributed by atoms with Crippen LogP contribution < -0.4 is 10.2 Å². The van der Waals surface area contributed by atoms with E-state index in [0.717, 1.165) is 44.8 Å². The van der Waals surface area contributed by atoms with Gasteiger partial charge in [0.15, 0.2) is 5.78 Å². The first-order valence-electron chi connectivity index (χ1n) is 13.7. The lowest BCUT2D eigenvalue weighted by molar-refractivity contribution is -0.140. The second kappa shape index (κ2) is 11.7. The molecule has 0 unspecified atom stereocenters. The number of likely N-dealkylation sites (tertiary alicyclic amines) is 1. The number of ketones is 1. The van der Waals surface area contributed by atoms with Gasteiger partial charge in [-0.2, -0.15) is 0 Å². The third-order valence-electron chi connectivity index (χ3n) is 8.45. The lowest BCUT2D eigenvalue weighted by Crippen LogP contribution is -2.57. The van der Waals surface area contributed by atoms with Crippen molar-refractivity contribution < 1.29 is 27.9 Å². The maximum Gasteiger partial charge on any atom is 0.251 e. The zero-order chi connectivity index (χ0) is 27.6. The van der Waals surface area contributed by atoms with Crippen molar-refractivity contribution in [3.8, 4) is 0 Å². The first-order valence-corrected chi connectivity index (χ1v) is 13.7. The number of ether oxygens (including phenoxy) is 1. The maximum absolute atomic E-state index is 13.8. The van der Waals surface area contributed by atoms with Gasteiger partial charge in [0.05, 0.1) is 12.0 Å². The van der Waals surface area contributed by atoms with Crippen LogP contribution in [0.2, 0.25) is 0 Å². The van der Waals surface area contributed by atoms with Crippen LogP contribution in [0, 0.1) is 11.3 Å². The van der Waals surface area contributed by atoms with Crippen LogP contribution in [-0.2, 0) is 14.3 Å². The van der Waals surface area contributed by atoms with Crippen molar-refractivity contribution in [2.24, 2.45) is 11.3 Å². The van der Waals surface area contributed by atoms with E-state index in [2.05, 4.69) is 22.0 Å². The minimum absolute atomic E-state index is 0.274. The molecule has 0 aromatic heterocycles. The Morgan fingerprint density at radius 1 is 1.11 bits per heavy atom. The lowest BCUT2D eigenvalue weighted by Gasteiger charge is -2.37. The number of nitrogens with zero attached hydrogens (tertiary/aromatic N) is 3. The molecule has 8 nitrogen and oxygen atoms in total. The fourth-order valence-corrected chi connectivity index (χ4v) is 5.69. The van der Waals surface area contributed by atoms with Crippen LogP contribution in [0.3, 0.4) is 0 Å². The van der Waals surface area contributed by atoms with E-state index >= 15 is 0 Å². The summed E-state index contributed by atoms with van der Waals surface area (Å²) >= 11 is 0. The number of amides is 2. The Hall–Kier alpha value is -2.59. The standard InChI is InChI=1S/C28H40F2N4O4/c1-5-11-32-12-14-33(15-13-32)19-9-7-18(8-10-19)26(36)31-24(28(3,4)6-2)27(37)34-16-20(25(29)30)23-22(34)21(35)17-38-23/h7-10,20,22-25H,5-6,11-17H2,1-4H3,(H,31,36)/t20-,22+,23+,24+/m0/s1. The van der Waals surface area contributed by atoms with Crippen molar-refractivity contribution in [3.63, 3.8) is 0 Å². The number of piperazine rings is 1. The van der Waals surface area contributed by atoms with Gasteiger partial charge in [-0.3, -0.25) is 19.3 Å². The van der Waals surface area contributed by atoms with E-state index in [0.29, 0.717) is 12.0 Å². The van der Waals surface area contributed by atoms with Gasteiger partial charge in [-0.15, -0.1) is 0 Å². The van der Waals surface area contributed by atoms with Crippen LogP contribution in [0.1, 0.15) is 50.9 Å². The predicted molar refractivity (Wildman–Crippen MR) is 140 cm³/mol. The van der Waals surface area contributed by atoms with Crippen molar-refractivity contribution in [2.45, 2.75) is 65.1 Å². The molecule has 3 heterocycles. The monoisotopic (exact) mass is 534 g/mol. The fourth-order valence-electron chi connectivity index (χ4n) is 5.69. The highest BCUT2D eigenvalue weighted by atomic mass is 19.3. The van der Waals surface area contributed by atoms with Crippen LogP contribution in [0.5, 0.6) is 0 Å². The summed E-state index contributed by atoms with van der Waals surface area (Å²) in [5.41, 5.74) is 0.777. The highest BCUT2D eigenvalue weighted by Crippen LogP contribution is 2.37. The Bertz CT molecular complexity index is 1010. The SMILES string of the molecule is CCCN1CCN(c2ccc(C(=O)N[C@H](C(=O)N3C[C@H](C(F)F)[C@H]4OCC(=O)[C@H]43)C(C)(C)CC)cc2)CC1. The van der Waals surface area contributed by atoms with Crippen molar-refractivity contribution >= 4 is 23.3 Å². The van der Waals surface area contributed by atoms with Gasteiger partial charge < -0.3 is 19.9 Å². The van der Waals surface area contributed by atoms with Crippen LogP contribution in [0.15, 0.2) is 24.3 Å². The maximum atomic E-state index is 13.8. The summed E-state index contributed by atoms with van der Waals surface area (Å²) in [6, 6.07) is 5.30. The molecule has 4 rings (SSSR count). The molecule has 2 amide bonds. The Morgan fingerprint density at radius 3 is 2.34 bits per heavy atom. The van der Waals surface area contributed by atoms with E-state index in [1.165, 1.54) is 4.90 Å². The van der Waals surface area contributed by atoms with Crippen LogP contribution in [0.25, 0.3) is 0 Å². The number of fused-ring (bicyclic) bond motifs is 1. The number of Topliss-reactive ketones (excluding diaryl/α,β-unsaturated/α-hetero) is 1. The molecule has 1 N–H and O–H groups in total. The molecule has 3 saturated heterocycles. The van der Waals surface area contributed by atoms with Crippen molar-refractivity contribution in [3.05, 3.63) is 29.8 Å². The van der Waals surface area contributed by atoms with Gasteiger partial charge in [0, 0.05) is 44.0 Å². The molecular formula is C28H40F2N4O4. The Morgan fingerprint density at radius 2 is 1.76 bits per heavy atom. The number of hydrogen-bond donors (Lipinski definition) is 1. The molecule has 0 saturated carbocycles. The summed E-state index contributed by atoms with van der Waals surface area (Å²) in [7, 11) is 0. The number of anilines is 1. The van der Waals surface area contributed by atoms with Gasteiger partial charge in [-0.1, -0.05) is 27.7 Å². The molecule has 0 radical (unpaired) electrons. The molecule has 3 aliphatic rings. The van der Waals surface area contributed by atoms with Gasteiger partial charge in [0.25, 0.3) is 5.91 Å². The molecule has 0 spiro atoms. The average Bonchev–Trinajstić information content (AvgIpc) is 3.48. The third-order valence-corrected chi connectivity index (χ3v) is 8.45. The molecule has 4 atom stereocenters. The number of hydrogen-bond acceptors (Lipinski definition) is 6. The number of halogens is 2. The van der Waals surface area contributed by atoms with Gasteiger partial charge in [-0.05, 0) is 49.1 Å². The number of rotatable bonds is 9. The average molecular weight is 535 g/mol. The normalized spacial score (nSPS) is 25.1. The number of nitrogens with one attached hydrogen (secondary N) is 1. The van der Waals surface area contributed by atoms with Crippen molar-refractivity contribution in [1.82, 2.24) is 15.1 Å². The molecule has 1 aromatic rings. The summed E-state index contributed by atoms with van der Waals surface area (Å²) in [6.07, 6.45) is -2.04. The first-order chi connectivity index (χ1) is 18.1. The summed E-state index contributed by atoms with van der Waals surface area (Å²) in [6.45, 7) is 12.2. The van der Waals surface area contributed by atoms with Crippen molar-refractivity contribution in [1.29, 1.82) is 0 Å². The molecule has 0 bridgehead atoms. The molecule has 10 heteroatoms. The smallest absolute Gasteiger partial charge is 0.251 e. The van der Waals surface area contributed by atoms with Crippen LogP contribution in [0.4, 0.5) is 14.5 Å². The van der Waals surface area contributed by atoms with Gasteiger partial charge in [0.1, 0.15) is 18.7 Å². The van der Waals surface area contributed by atoms with E-state index in [-0.39, 0.29) is 18.9 Å². The minimum atomic E-state index is -2.72. The lowest BCUT2D eigenvalue weighted by atomic mass is 9.80. The van der Waals surface area contributed by atoms with Crippen LogP contribution in [-0.4, -0.2) is 97.9 Å². The largest absolute Gasteiger partial charge is 0.369 e. The molecule has 0 aliphatic carbocycles. The fraction of sp³-hybridized carbons (Fsp3) is 0.679. The summed E-state index contributed by atoms with van der Waals surface area (Å²) < 4.78 is 32.7. The Labute approximate surface area is 223 Å². The summed E-state index contributed by atoms with van der Waals surface area (Å²) in [5.74, 6) is -2.55. The second-order valence-electron chi connectivity index (χ2n) is 11.3. The molecule has 3 aliphatic heterocycles. The minimum Gasteiger partial charge on any atom is -0.369 e. The van der Waals surface area contributed by atoms with E-state index < -0.39 is 47.8 Å². The Balaban J connectivity index is 1.47. The number of alkyl halides is 2. The van der Waals surface area contributed by atoms with Crippen LogP contribution >= 0.6 is 0 Å². The zero-order valence-electron chi connectivity index (χ0n) is 22.8. The highest BCUT2D eigenvalue weighted by Gasteiger charge is 2.56.